The van der Waals surface area contributed by atoms with Gasteiger partial charge in [0.2, 0.25) is 5.91 Å². The van der Waals surface area contributed by atoms with Crippen LogP contribution in [0.25, 0.3) is 0 Å². The number of piperidine rings is 1. The third-order valence-electron chi connectivity index (χ3n) is 4.28. The number of halogens is 1. The molecule has 2 atom stereocenters. The van der Waals surface area contributed by atoms with Crippen molar-refractivity contribution in [3.05, 3.63) is 34.9 Å². The highest BCUT2D eigenvalue weighted by Crippen LogP contribution is 2.24. The molecular weight excluding hydrogens is 284 g/mol. The number of hydrogen-bond acceptors (Lipinski definition) is 2. The molecule has 1 saturated heterocycles. The van der Waals surface area contributed by atoms with E-state index in [4.69, 9.17) is 11.6 Å². The molecule has 3 nitrogen and oxygen atoms in total. The maximum Gasteiger partial charge on any atom is 0.226 e. The van der Waals surface area contributed by atoms with Gasteiger partial charge in [-0.1, -0.05) is 44.5 Å². The van der Waals surface area contributed by atoms with Gasteiger partial charge in [0.15, 0.2) is 0 Å². The van der Waals surface area contributed by atoms with E-state index in [0.717, 1.165) is 36.5 Å². The first kappa shape index (κ1) is 16.3. The van der Waals surface area contributed by atoms with Crippen LogP contribution < -0.4 is 10.6 Å². The average molecular weight is 309 g/mol. The van der Waals surface area contributed by atoms with E-state index in [1.165, 1.54) is 0 Å². The van der Waals surface area contributed by atoms with Gasteiger partial charge < -0.3 is 10.6 Å². The molecule has 2 rings (SSSR count). The fraction of sp³-hybridized carbons (Fsp3) is 0.588. The first-order chi connectivity index (χ1) is 9.88. The third kappa shape index (κ3) is 4.45. The number of rotatable bonds is 4. The van der Waals surface area contributed by atoms with E-state index in [-0.39, 0.29) is 11.9 Å². The molecule has 1 fully saturated rings. The lowest BCUT2D eigenvalue weighted by Gasteiger charge is -2.33. The van der Waals surface area contributed by atoms with E-state index in [1.807, 2.05) is 38.1 Å². The minimum Gasteiger partial charge on any atom is -0.353 e. The lowest BCUT2D eigenvalue weighted by molar-refractivity contribution is -0.130. The number of amides is 1. The van der Waals surface area contributed by atoms with Gasteiger partial charge in [0.1, 0.15) is 0 Å². The molecule has 21 heavy (non-hydrogen) atoms. The van der Waals surface area contributed by atoms with Crippen LogP contribution in [0.15, 0.2) is 24.3 Å². The molecule has 1 heterocycles. The minimum atomic E-state index is -0.418. The second-order valence-corrected chi connectivity index (χ2v) is 7.17. The van der Waals surface area contributed by atoms with Gasteiger partial charge in [0, 0.05) is 16.5 Å². The largest absolute Gasteiger partial charge is 0.353 e. The summed E-state index contributed by atoms with van der Waals surface area (Å²) in [5, 5.41) is 7.32. The molecule has 1 aromatic carbocycles. The van der Waals surface area contributed by atoms with Gasteiger partial charge in [-0.15, -0.1) is 0 Å². The molecule has 0 spiro atoms. The number of nitrogens with one attached hydrogen (secondary N) is 2. The van der Waals surface area contributed by atoms with Gasteiger partial charge >= 0.3 is 0 Å². The van der Waals surface area contributed by atoms with Crippen LogP contribution in [0.1, 0.15) is 32.8 Å². The topological polar surface area (TPSA) is 41.1 Å². The fourth-order valence-electron chi connectivity index (χ4n) is 2.79. The third-order valence-corrected chi connectivity index (χ3v) is 4.53. The van der Waals surface area contributed by atoms with Crippen molar-refractivity contribution >= 4 is 17.5 Å². The molecule has 1 aliphatic heterocycles. The van der Waals surface area contributed by atoms with Crippen LogP contribution in [0, 0.1) is 11.3 Å². The van der Waals surface area contributed by atoms with Crippen molar-refractivity contribution in [3.63, 3.8) is 0 Å². The van der Waals surface area contributed by atoms with Crippen molar-refractivity contribution in [3.8, 4) is 0 Å². The molecule has 1 aliphatic rings. The zero-order valence-corrected chi connectivity index (χ0v) is 13.8. The van der Waals surface area contributed by atoms with E-state index in [0.29, 0.717) is 5.92 Å². The quantitative estimate of drug-likeness (QED) is 0.897. The monoisotopic (exact) mass is 308 g/mol. The highest BCUT2D eigenvalue weighted by atomic mass is 35.5. The van der Waals surface area contributed by atoms with E-state index in [9.17, 15) is 4.79 Å². The zero-order valence-electron chi connectivity index (χ0n) is 13.1. The highest BCUT2D eigenvalue weighted by molar-refractivity contribution is 6.30. The number of benzene rings is 1. The Balaban J connectivity index is 1.97. The normalized spacial score (nSPS) is 22.9. The van der Waals surface area contributed by atoms with Crippen LogP contribution in [-0.4, -0.2) is 25.0 Å². The van der Waals surface area contributed by atoms with E-state index in [1.54, 1.807) is 0 Å². The Morgan fingerprint density at radius 3 is 2.67 bits per heavy atom. The first-order valence-corrected chi connectivity index (χ1v) is 8.02. The van der Waals surface area contributed by atoms with Gasteiger partial charge in [-0.25, -0.2) is 0 Å². The Morgan fingerprint density at radius 2 is 2.05 bits per heavy atom. The maximum atomic E-state index is 12.6. The van der Waals surface area contributed by atoms with Crippen molar-refractivity contribution in [2.45, 2.75) is 39.7 Å². The van der Waals surface area contributed by atoms with E-state index in [2.05, 4.69) is 17.6 Å². The summed E-state index contributed by atoms with van der Waals surface area (Å²) in [5.74, 6) is 0.616. The van der Waals surface area contributed by atoms with Crippen LogP contribution in [0.3, 0.4) is 0 Å². The molecule has 116 valence electrons. The standard InChI is InChI=1S/C17H25ClN2O/c1-12-11-19-9-8-15(12)20-16(21)17(2,3)10-13-4-6-14(18)7-5-13/h4-7,12,15,19H,8-11H2,1-3H3,(H,20,21)/t12-,15-/m0/s1. The molecule has 0 bridgehead atoms. The Hall–Kier alpha value is -1.06. The number of carbonyl (C=O) groups excluding carboxylic acids is 1. The summed E-state index contributed by atoms with van der Waals surface area (Å²) in [5.41, 5.74) is 0.719. The Morgan fingerprint density at radius 1 is 1.38 bits per heavy atom. The van der Waals surface area contributed by atoms with Crippen molar-refractivity contribution in [2.24, 2.45) is 11.3 Å². The molecule has 0 aromatic heterocycles. The molecule has 0 unspecified atom stereocenters. The molecule has 0 aliphatic carbocycles. The van der Waals surface area contributed by atoms with Crippen molar-refractivity contribution in [1.29, 1.82) is 0 Å². The average Bonchev–Trinajstić information content (AvgIpc) is 2.43. The second kappa shape index (κ2) is 6.80. The lowest BCUT2D eigenvalue weighted by Crippen LogP contribution is -2.51. The first-order valence-electron chi connectivity index (χ1n) is 7.64. The summed E-state index contributed by atoms with van der Waals surface area (Å²) in [4.78, 5) is 12.6. The number of carbonyl (C=O) groups is 1. The summed E-state index contributed by atoms with van der Waals surface area (Å²) in [6.45, 7) is 8.14. The molecular formula is C17H25ClN2O. The van der Waals surface area contributed by atoms with Crippen LogP contribution in [0.2, 0.25) is 5.02 Å². The van der Waals surface area contributed by atoms with Gasteiger partial charge in [-0.3, -0.25) is 4.79 Å². The molecule has 0 saturated carbocycles. The molecule has 1 amide bonds. The smallest absolute Gasteiger partial charge is 0.226 e. The maximum absolute atomic E-state index is 12.6. The highest BCUT2D eigenvalue weighted by Gasteiger charge is 2.31. The van der Waals surface area contributed by atoms with Crippen molar-refractivity contribution in [1.82, 2.24) is 10.6 Å². The molecule has 4 heteroatoms. The second-order valence-electron chi connectivity index (χ2n) is 6.74. The summed E-state index contributed by atoms with van der Waals surface area (Å²) in [6.07, 6.45) is 1.72. The minimum absolute atomic E-state index is 0.135. The van der Waals surface area contributed by atoms with Crippen LogP contribution >= 0.6 is 11.6 Å². The van der Waals surface area contributed by atoms with Gasteiger partial charge in [0.25, 0.3) is 0 Å². The van der Waals surface area contributed by atoms with Crippen LogP contribution in [0.5, 0.6) is 0 Å². The van der Waals surface area contributed by atoms with Crippen LogP contribution in [-0.2, 0) is 11.2 Å². The van der Waals surface area contributed by atoms with Crippen LogP contribution in [0.4, 0.5) is 0 Å². The van der Waals surface area contributed by atoms with Crippen molar-refractivity contribution < 1.29 is 4.79 Å². The fourth-order valence-corrected chi connectivity index (χ4v) is 2.91. The number of hydrogen-bond donors (Lipinski definition) is 2. The predicted octanol–water partition coefficient (Wildman–Crippen LogP) is 3.02. The summed E-state index contributed by atoms with van der Waals surface area (Å²) in [7, 11) is 0. The Kier molecular flexibility index (Phi) is 5.28. The van der Waals surface area contributed by atoms with E-state index >= 15 is 0 Å². The van der Waals surface area contributed by atoms with Crippen molar-refractivity contribution in [2.75, 3.05) is 13.1 Å². The summed E-state index contributed by atoms with van der Waals surface area (Å²) < 4.78 is 0. The van der Waals surface area contributed by atoms with E-state index < -0.39 is 5.41 Å². The SMILES string of the molecule is C[C@H]1CNCC[C@@H]1NC(=O)C(C)(C)Cc1ccc(Cl)cc1. The predicted molar refractivity (Wildman–Crippen MR) is 87.5 cm³/mol. The van der Waals surface area contributed by atoms with Gasteiger partial charge in [-0.05, 0) is 49.5 Å². The summed E-state index contributed by atoms with van der Waals surface area (Å²) >= 11 is 5.91. The Bertz CT molecular complexity index is 484. The van der Waals surface area contributed by atoms with Gasteiger partial charge in [0.05, 0.1) is 0 Å². The summed E-state index contributed by atoms with van der Waals surface area (Å²) in [6, 6.07) is 8.01. The lowest BCUT2D eigenvalue weighted by atomic mass is 9.83. The Labute approximate surface area is 132 Å². The molecule has 0 radical (unpaired) electrons. The van der Waals surface area contributed by atoms with Gasteiger partial charge in [-0.2, -0.15) is 0 Å². The zero-order chi connectivity index (χ0) is 15.5. The molecule has 2 N–H and O–H groups in total. The molecule has 1 aromatic rings.